The van der Waals surface area contributed by atoms with Gasteiger partial charge >= 0.3 is 0 Å². The maximum atomic E-state index is 13.2. The highest BCUT2D eigenvalue weighted by Crippen LogP contribution is 2.10. The Bertz CT molecular complexity index is 404. The number of carbonyl (C=O) groups excluding carboxylic acids is 1. The van der Waals surface area contributed by atoms with Crippen LogP contribution in [0.5, 0.6) is 0 Å². The topological polar surface area (TPSA) is 20.3 Å². The Kier molecular flexibility index (Phi) is 2.88. The van der Waals surface area contributed by atoms with Crippen molar-refractivity contribution in [2.75, 3.05) is 14.1 Å². The Morgan fingerprint density at radius 3 is 2.57 bits per heavy atom. The Morgan fingerprint density at radius 2 is 2.14 bits per heavy atom. The SMILES string of the molecule is C#Cc1ccc(C(=O)N(C)C)cc1F. The van der Waals surface area contributed by atoms with Crippen LogP contribution >= 0.6 is 0 Å². The highest BCUT2D eigenvalue weighted by molar-refractivity contribution is 5.94. The summed E-state index contributed by atoms with van der Waals surface area (Å²) in [4.78, 5) is 12.8. The number of carbonyl (C=O) groups is 1. The summed E-state index contributed by atoms with van der Waals surface area (Å²) < 4.78 is 13.2. The third-order valence-corrected chi connectivity index (χ3v) is 1.78. The predicted molar refractivity (Wildman–Crippen MR) is 52.4 cm³/mol. The van der Waals surface area contributed by atoms with Gasteiger partial charge in [-0.15, -0.1) is 6.42 Å². The molecule has 0 aromatic heterocycles. The number of nitrogens with zero attached hydrogens (tertiary/aromatic N) is 1. The molecule has 0 unspecified atom stereocenters. The Balaban J connectivity index is 3.11. The highest BCUT2D eigenvalue weighted by atomic mass is 19.1. The van der Waals surface area contributed by atoms with E-state index >= 15 is 0 Å². The van der Waals surface area contributed by atoms with E-state index in [2.05, 4.69) is 5.92 Å². The zero-order valence-corrected chi connectivity index (χ0v) is 8.04. The van der Waals surface area contributed by atoms with E-state index in [4.69, 9.17) is 6.42 Å². The minimum absolute atomic E-state index is 0.167. The van der Waals surface area contributed by atoms with E-state index < -0.39 is 5.82 Å². The van der Waals surface area contributed by atoms with Crippen LogP contribution in [-0.2, 0) is 0 Å². The number of terminal acetylenes is 1. The van der Waals surface area contributed by atoms with Gasteiger partial charge in [0.25, 0.3) is 5.91 Å². The van der Waals surface area contributed by atoms with Crippen LogP contribution in [0, 0.1) is 18.2 Å². The molecular weight excluding hydrogens is 181 g/mol. The second-order valence-corrected chi connectivity index (χ2v) is 3.04. The molecule has 0 aliphatic carbocycles. The number of halogens is 1. The average Bonchev–Trinajstić information content (AvgIpc) is 2.16. The van der Waals surface area contributed by atoms with Gasteiger partial charge in [-0.1, -0.05) is 5.92 Å². The second kappa shape index (κ2) is 3.93. The molecule has 72 valence electrons. The number of benzene rings is 1. The minimum Gasteiger partial charge on any atom is -0.345 e. The van der Waals surface area contributed by atoms with Crippen LogP contribution < -0.4 is 0 Å². The fraction of sp³-hybridized carbons (Fsp3) is 0.182. The van der Waals surface area contributed by atoms with Crippen molar-refractivity contribution in [2.24, 2.45) is 0 Å². The smallest absolute Gasteiger partial charge is 0.253 e. The monoisotopic (exact) mass is 191 g/mol. The lowest BCUT2D eigenvalue weighted by Crippen LogP contribution is -2.21. The Labute approximate surface area is 82.3 Å². The minimum atomic E-state index is -0.541. The first kappa shape index (κ1) is 10.3. The lowest BCUT2D eigenvalue weighted by atomic mass is 10.1. The van der Waals surface area contributed by atoms with Crippen LogP contribution in [-0.4, -0.2) is 24.9 Å². The Morgan fingerprint density at radius 1 is 1.50 bits per heavy atom. The van der Waals surface area contributed by atoms with Gasteiger partial charge < -0.3 is 4.90 Å². The molecule has 0 radical (unpaired) electrons. The third kappa shape index (κ3) is 1.91. The van der Waals surface area contributed by atoms with Gasteiger partial charge in [0, 0.05) is 19.7 Å². The molecule has 2 nitrogen and oxygen atoms in total. The van der Waals surface area contributed by atoms with Crippen molar-refractivity contribution in [3.8, 4) is 12.3 Å². The van der Waals surface area contributed by atoms with Gasteiger partial charge in [0.05, 0.1) is 5.56 Å². The summed E-state index contributed by atoms with van der Waals surface area (Å²) in [5.74, 6) is 1.41. The predicted octanol–water partition coefficient (Wildman–Crippen LogP) is 1.51. The molecule has 1 rings (SSSR count). The van der Waals surface area contributed by atoms with Crippen LogP contribution in [0.15, 0.2) is 18.2 Å². The van der Waals surface area contributed by atoms with E-state index in [1.54, 1.807) is 14.1 Å². The normalized spacial score (nSPS) is 9.29. The van der Waals surface area contributed by atoms with Crippen molar-refractivity contribution < 1.29 is 9.18 Å². The summed E-state index contributed by atoms with van der Waals surface area (Å²) in [5, 5.41) is 0. The number of amides is 1. The fourth-order valence-electron chi connectivity index (χ4n) is 1.02. The molecule has 3 heteroatoms. The maximum Gasteiger partial charge on any atom is 0.253 e. The highest BCUT2D eigenvalue weighted by Gasteiger charge is 2.09. The zero-order chi connectivity index (χ0) is 10.7. The van der Waals surface area contributed by atoms with Crippen molar-refractivity contribution in [1.82, 2.24) is 4.90 Å². The summed E-state index contributed by atoms with van der Waals surface area (Å²) in [6.07, 6.45) is 5.05. The fourth-order valence-corrected chi connectivity index (χ4v) is 1.02. The van der Waals surface area contributed by atoms with Crippen molar-refractivity contribution >= 4 is 5.91 Å². The molecule has 0 saturated heterocycles. The summed E-state index contributed by atoms with van der Waals surface area (Å²) in [7, 11) is 3.21. The number of hydrogen-bond donors (Lipinski definition) is 0. The lowest BCUT2D eigenvalue weighted by molar-refractivity contribution is 0.0827. The molecule has 0 saturated carbocycles. The summed E-state index contributed by atoms with van der Waals surface area (Å²) in [6, 6.07) is 4.09. The van der Waals surface area contributed by atoms with Crippen LogP contribution in [0.2, 0.25) is 0 Å². The van der Waals surface area contributed by atoms with Crippen LogP contribution in [0.4, 0.5) is 4.39 Å². The molecule has 1 aromatic carbocycles. The first-order chi connectivity index (χ1) is 6.56. The number of hydrogen-bond acceptors (Lipinski definition) is 1. The summed E-state index contributed by atoms with van der Waals surface area (Å²) in [6.45, 7) is 0. The molecule has 1 aromatic rings. The quantitative estimate of drug-likeness (QED) is 0.616. The molecular formula is C11H10FNO. The molecule has 0 fully saturated rings. The van der Waals surface area contributed by atoms with Gasteiger partial charge in [-0.3, -0.25) is 4.79 Å². The molecule has 0 N–H and O–H groups in total. The van der Waals surface area contributed by atoms with E-state index in [0.717, 1.165) is 6.07 Å². The first-order valence-electron chi connectivity index (χ1n) is 4.04. The molecule has 0 bridgehead atoms. The second-order valence-electron chi connectivity index (χ2n) is 3.04. The molecule has 14 heavy (non-hydrogen) atoms. The summed E-state index contributed by atoms with van der Waals surface area (Å²) in [5.41, 5.74) is 0.465. The van der Waals surface area contributed by atoms with Crippen LogP contribution in [0.3, 0.4) is 0 Å². The van der Waals surface area contributed by atoms with E-state index in [1.165, 1.54) is 17.0 Å². The summed E-state index contributed by atoms with van der Waals surface area (Å²) >= 11 is 0. The van der Waals surface area contributed by atoms with Gasteiger partial charge in [-0.2, -0.15) is 0 Å². The molecule has 0 atom stereocenters. The molecule has 0 spiro atoms. The van der Waals surface area contributed by atoms with E-state index in [1.807, 2.05) is 0 Å². The standard InChI is InChI=1S/C11H10FNO/c1-4-8-5-6-9(7-10(8)12)11(14)13(2)3/h1,5-7H,2-3H3. The van der Waals surface area contributed by atoms with Crippen molar-refractivity contribution in [3.05, 3.63) is 35.1 Å². The van der Waals surface area contributed by atoms with Gasteiger partial charge in [0.15, 0.2) is 0 Å². The van der Waals surface area contributed by atoms with Gasteiger partial charge in [0.1, 0.15) is 5.82 Å². The third-order valence-electron chi connectivity index (χ3n) is 1.78. The van der Waals surface area contributed by atoms with Gasteiger partial charge in [-0.25, -0.2) is 4.39 Å². The molecule has 0 heterocycles. The Hall–Kier alpha value is -1.82. The van der Waals surface area contributed by atoms with Gasteiger partial charge in [0.2, 0.25) is 0 Å². The van der Waals surface area contributed by atoms with Crippen molar-refractivity contribution in [1.29, 1.82) is 0 Å². The van der Waals surface area contributed by atoms with Crippen molar-refractivity contribution in [3.63, 3.8) is 0 Å². The van der Waals surface area contributed by atoms with E-state index in [0.29, 0.717) is 5.56 Å². The lowest BCUT2D eigenvalue weighted by Gasteiger charge is -2.10. The van der Waals surface area contributed by atoms with E-state index in [9.17, 15) is 9.18 Å². The van der Waals surface area contributed by atoms with E-state index in [-0.39, 0.29) is 11.5 Å². The number of rotatable bonds is 1. The van der Waals surface area contributed by atoms with Crippen LogP contribution in [0.1, 0.15) is 15.9 Å². The maximum absolute atomic E-state index is 13.2. The van der Waals surface area contributed by atoms with Crippen LogP contribution in [0.25, 0.3) is 0 Å². The molecule has 0 aliphatic rings. The first-order valence-corrected chi connectivity index (χ1v) is 4.04. The van der Waals surface area contributed by atoms with Crippen molar-refractivity contribution in [2.45, 2.75) is 0 Å². The molecule has 0 aliphatic heterocycles. The van der Waals surface area contributed by atoms with Gasteiger partial charge in [-0.05, 0) is 18.2 Å². The zero-order valence-electron chi connectivity index (χ0n) is 8.04. The average molecular weight is 191 g/mol. The largest absolute Gasteiger partial charge is 0.345 e. The molecule has 1 amide bonds.